The Hall–Kier alpha value is -2.26. The van der Waals surface area contributed by atoms with Gasteiger partial charge in [0.2, 0.25) is 0 Å². The van der Waals surface area contributed by atoms with Gasteiger partial charge in [0.15, 0.2) is 0 Å². The monoisotopic (exact) mass is 468 g/mol. The zero-order chi connectivity index (χ0) is 20.2. The normalized spacial score (nSPS) is 10.4. The Balaban J connectivity index is 0.00000256. The van der Waals surface area contributed by atoms with E-state index in [1.165, 1.54) is 5.56 Å². The fraction of sp³-hybridized carbons (Fsp3) is 0.111. The second-order valence-electron chi connectivity index (χ2n) is 7.10. The summed E-state index contributed by atoms with van der Waals surface area (Å²) in [5.74, 6) is 0.821. The average Bonchev–Trinajstić information content (AvgIpc) is 2.79. The van der Waals surface area contributed by atoms with Crippen LogP contribution < -0.4 is 4.74 Å². The molecule has 0 unspecified atom stereocenters. The van der Waals surface area contributed by atoms with Gasteiger partial charge in [-0.1, -0.05) is 54.1 Å². The Morgan fingerprint density at radius 3 is 1.93 bits per heavy atom. The first-order valence-electron chi connectivity index (χ1n) is 9.65. The van der Waals surface area contributed by atoms with Crippen LogP contribution in [0, 0.1) is 13.0 Å². The van der Waals surface area contributed by atoms with Crippen molar-refractivity contribution in [2.24, 2.45) is 0 Å². The topological polar surface area (TPSA) is 29.5 Å². The van der Waals surface area contributed by atoms with Crippen molar-refractivity contribution in [1.82, 2.24) is 0 Å². The third kappa shape index (κ3) is 4.73. The molecule has 4 aromatic carbocycles. The fourth-order valence-corrected chi connectivity index (χ4v) is 3.59. The van der Waals surface area contributed by atoms with E-state index < -0.39 is 0 Å². The Kier molecular flexibility index (Phi) is 7.60. The second-order valence-corrected chi connectivity index (χ2v) is 7.10. The van der Waals surface area contributed by atoms with Crippen LogP contribution in [0.1, 0.15) is 11.1 Å². The molecule has 0 aliphatic carbocycles. The fourth-order valence-electron chi connectivity index (χ4n) is 3.59. The molecule has 0 spiro atoms. The molecule has 2 nitrogen and oxygen atoms in total. The number of benzene rings is 4. The van der Waals surface area contributed by atoms with Crippen LogP contribution in [0.3, 0.4) is 0 Å². The Morgan fingerprint density at radius 1 is 0.733 bits per heavy atom. The standard InChI is InChI=1S/C27H23O2.Y/c1-19-8-10-21(11-9-19)25-14-12-22(16-24(25)18-28)23-13-15-26(27(17-23)29-2)20-6-4-3-5-7-20;/h4-17,28H,18H2,1-2H3;/q-1;. The van der Waals surface area contributed by atoms with E-state index in [0.29, 0.717) is 0 Å². The van der Waals surface area contributed by atoms with Gasteiger partial charge in [-0.15, -0.1) is 5.56 Å². The number of aryl methyl sites for hydroxylation is 1. The molecule has 0 heterocycles. The maximum atomic E-state index is 9.97. The van der Waals surface area contributed by atoms with Crippen LogP contribution in [0.25, 0.3) is 33.4 Å². The van der Waals surface area contributed by atoms with Gasteiger partial charge in [-0.25, -0.2) is 0 Å². The minimum Gasteiger partial charge on any atom is -0.496 e. The average molecular weight is 468 g/mol. The number of hydrogen-bond acceptors (Lipinski definition) is 2. The van der Waals surface area contributed by atoms with Crippen LogP contribution in [0.2, 0.25) is 0 Å². The molecule has 147 valence electrons. The van der Waals surface area contributed by atoms with Gasteiger partial charge in [0, 0.05) is 32.7 Å². The second kappa shape index (κ2) is 10.2. The van der Waals surface area contributed by atoms with Gasteiger partial charge in [0.1, 0.15) is 5.75 Å². The summed E-state index contributed by atoms with van der Waals surface area (Å²) in [5.41, 5.74) is 8.55. The van der Waals surface area contributed by atoms with Crippen molar-refractivity contribution in [3.8, 4) is 39.1 Å². The van der Waals surface area contributed by atoms with Gasteiger partial charge in [-0.3, -0.25) is 0 Å². The van der Waals surface area contributed by atoms with Crippen molar-refractivity contribution in [1.29, 1.82) is 0 Å². The summed E-state index contributed by atoms with van der Waals surface area (Å²) in [4.78, 5) is 0. The van der Waals surface area contributed by atoms with Crippen LogP contribution in [0.15, 0.2) is 84.9 Å². The van der Waals surface area contributed by atoms with Crippen molar-refractivity contribution in [3.05, 3.63) is 102 Å². The molecule has 0 aliphatic heterocycles. The van der Waals surface area contributed by atoms with E-state index in [9.17, 15) is 5.11 Å². The van der Waals surface area contributed by atoms with Gasteiger partial charge in [-0.2, -0.15) is 30.3 Å². The van der Waals surface area contributed by atoms with Gasteiger partial charge >= 0.3 is 0 Å². The molecule has 0 aliphatic rings. The molecule has 0 fully saturated rings. The van der Waals surface area contributed by atoms with Crippen LogP contribution in [-0.4, -0.2) is 12.2 Å². The molecule has 0 bridgehead atoms. The quantitative estimate of drug-likeness (QED) is 0.349. The number of aliphatic hydroxyl groups is 1. The van der Waals surface area contributed by atoms with Gasteiger partial charge < -0.3 is 9.84 Å². The number of aliphatic hydroxyl groups excluding tert-OH is 1. The van der Waals surface area contributed by atoms with Crippen molar-refractivity contribution in [2.75, 3.05) is 7.11 Å². The summed E-state index contributed by atoms with van der Waals surface area (Å²) in [6, 6.07) is 31.7. The molecule has 0 aromatic heterocycles. The summed E-state index contributed by atoms with van der Waals surface area (Å²) in [6.45, 7) is 2.07. The first-order chi connectivity index (χ1) is 14.2. The van der Waals surface area contributed by atoms with Crippen molar-refractivity contribution in [2.45, 2.75) is 13.5 Å². The van der Waals surface area contributed by atoms with Crippen molar-refractivity contribution >= 4 is 0 Å². The zero-order valence-electron chi connectivity index (χ0n) is 17.2. The molecular weight excluding hydrogens is 445 g/mol. The number of ether oxygens (including phenoxy) is 1. The van der Waals surface area contributed by atoms with E-state index in [4.69, 9.17) is 4.74 Å². The predicted octanol–water partition coefficient (Wildman–Crippen LogP) is 6.29. The molecule has 30 heavy (non-hydrogen) atoms. The first-order valence-corrected chi connectivity index (χ1v) is 9.65. The third-order valence-corrected chi connectivity index (χ3v) is 5.20. The maximum absolute atomic E-state index is 9.97. The molecule has 4 rings (SSSR count). The molecule has 0 saturated carbocycles. The first kappa shape index (κ1) is 22.4. The van der Waals surface area contributed by atoms with E-state index >= 15 is 0 Å². The maximum Gasteiger partial charge on any atom is 0.125 e. The minimum atomic E-state index is -0.00716. The number of hydrogen-bond donors (Lipinski definition) is 1. The summed E-state index contributed by atoms with van der Waals surface area (Å²) < 4.78 is 5.66. The zero-order valence-corrected chi connectivity index (χ0v) is 20.1. The molecule has 0 saturated heterocycles. The molecule has 3 heteroatoms. The van der Waals surface area contributed by atoms with Gasteiger partial charge in [0.25, 0.3) is 0 Å². The van der Waals surface area contributed by atoms with E-state index in [1.54, 1.807) is 7.11 Å². The van der Waals surface area contributed by atoms with Crippen LogP contribution >= 0.6 is 0 Å². The summed E-state index contributed by atoms with van der Waals surface area (Å²) in [5, 5.41) is 9.97. The minimum absolute atomic E-state index is 0. The molecule has 0 atom stereocenters. The molecule has 0 amide bonds. The summed E-state index contributed by atoms with van der Waals surface area (Å²) >= 11 is 0. The smallest absolute Gasteiger partial charge is 0.125 e. The van der Waals surface area contributed by atoms with E-state index in [-0.39, 0.29) is 39.3 Å². The molecule has 4 aromatic rings. The van der Waals surface area contributed by atoms with Gasteiger partial charge in [-0.05, 0) is 52.4 Å². The van der Waals surface area contributed by atoms with Crippen molar-refractivity contribution in [3.63, 3.8) is 0 Å². The summed E-state index contributed by atoms with van der Waals surface area (Å²) in [6.07, 6.45) is 0. The molecule has 1 radical (unpaired) electrons. The van der Waals surface area contributed by atoms with Crippen LogP contribution in [-0.2, 0) is 39.3 Å². The summed E-state index contributed by atoms with van der Waals surface area (Å²) in [7, 11) is 1.69. The van der Waals surface area contributed by atoms with Crippen molar-refractivity contribution < 1.29 is 42.6 Å². The third-order valence-electron chi connectivity index (χ3n) is 5.20. The Labute approximate surface area is 203 Å². The molecule has 1 N–H and O–H groups in total. The Morgan fingerprint density at radius 2 is 1.30 bits per heavy atom. The Bertz CT molecular complexity index is 1120. The van der Waals surface area contributed by atoms with E-state index in [2.05, 4.69) is 67.6 Å². The van der Waals surface area contributed by atoms with Crippen LogP contribution in [0.4, 0.5) is 0 Å². The SMILES string of the molecule is COc1cc(-c2ccc(-c3ccc(C)cc3)c(CO)c2)ccc1-c1cc[c-]cc1.[Y]. The van der Waals surface area contributed by atoms with E-state index in [1.807, 2.05) is 30.3 Å². The number of rotatable bonds is 5. The van der Waals surface area contributed by atoms with Crippen LogP contribution in [0.5, 0.6) is 5.75 Å². The molecular formula is C27H23O2Y-. The van der Waals surface area contributed by atoms with E-state index in [0.717, 1.165) is 44.7 Å². The largest absolute Gasteiger partial charge is 0.496 e. The predicted molar refractivity (Wildman–Crippen MR) is 119 cm³/mol. The van der Waals surface area contributed by atoms with Gasteiger partial charge in [0.05, 0.1) is 13.7 Å². The number of methoxy groups -OCH3 is 1.